The molecule has 0 saturated carbocycles. The van der Waals surface area contributed by atoms with E-state index in [1.54, 1.807) is 0 Å². The van der Waals surface area contributed by atoms with E-state index in [2.05, 4.69) is 116 Å². The molecule has 0 bridgehead atoms. The van der Waals surface area contributed by atoms with Crippen molar-refractivity contribution in [3.8, 4) is 53.3 Å². The fraction of sp³-hybridized carbons (Fsp3) is 0.558. The minimum Gasteiger partial charge on any atom is -0.491 e. The highest BCUT2D eigenvalue weighted by Gasteiger charge is 2.35. The second kappa shape index (κ2) is 36.0. The van der Waals surface area contributed by atoms with E-state index in [-0.39, 0.29) is 34.1 Å². The maximum atomic E-state index is 18.2. The van der Waals surface area contributed by atoms with Gasteiger partial charge < -0.3 is 18.6 Å². The van der Waals surface area contributed by atoms with E-state index < -0.39 is 23.3 Å². The van der Waals surface area contributed by atoms with Crippen LogP contribution in [0.1, 0.15) is 247 Å². The minimum absolute atomic E-state index is 0.0439. The molecule has 106 heavy (non-hydrogen) atoms. The zero-order valence-electron chi connectivity index (χ0n) is 64.4. The fourth-order valence-electron chi connectivity index (χ4n) is 16.2. The lowest BCUT2D eigenvalue weighted by Crippen LogP contribution is -2.12. The summed E-state index contributed by atoms with van der Waals surface area (Å²) in [4.78, 5) is 4.96. The number of ether oxygens (including phenoxy) is 2. The molecule has 0 spiro atoms. The first-order chi connectivity index (χ1) is 51.7. The second-order valence-corrected chi connectivity index (χ2v) is 37.8. The molecule has 20 heteroatoms. The Kier molecular flexibility index (Phi) is 26.8. The third kappa shape index (κ3) is 15.8. The summed E-state index contributed by atoms with van der Waals surface area (Å²) < 4.78 is 117. The molecule has 0 aliphatic rings. The molecule has 0 saturated heterocycles. The number of aromatic nitrogens is 6. The summed E-state index contributed by atoms with van der Waals surface area (Å²) in [6, 6.07) is 12.9. The summed E-state index contributed by atoms with van der Waals surface area (Å²) in [5.74, 6) is -0.169. The molecule has 10 heterocycles. The van der Waals surface area contributed by atoms with Gasteiger partial charge in [0.15, 0.2) is 23.3 Å². The van der Waals surface area contributed by atoms with Crippen LogP contribution in [0.3, 0.4) is 0 Å². The molecule has 8 nitrogen and oxygen atoms in total. The largest absolute Gasteiger partial charge is 0.491 e. The van der Waals surface area contributed by atoms with E-state index in [1.165, 1.54) is 114 Å². The molecule has 10 aromatic heterocycles. The van der Waals surface area contributed by atoms with E-state index in [1.807, 2.05) is 34.8 Å². The third-order valence-electron chi connectivity index (χ3n) is 23.1. The zero-order valence-corrected chi connectivity index (χ0v) is 71.0. The van der Waals surface area contributed by atoms with Crippen LogP contribution in [0.15, 0.2) is 36.4 Å². The maximum absolute atomic E-state index is 18.2. The molecule has 0 amide bonds. The van der Waals surface area contributed by atoms with Gasteiger partial charge in [-0.2, -0.15) is 17.5 Å². The summed E-state index contributed by atoms with van der Waals surface area (Å²) >= 11 is 11.4. The molecular formula is C86H108F4N6O2S8. The Bertz CT molecular complexity index is 4760. The van der Waals surface area contributed by atoms with E-state index in [0.29, 0.717) is 110 Å². The summed E-state index contributed by atoms with van der Waals surface area (Å²) in [6.45, 7) is 29.5. The van der Waals surface area contributed by atoms with Gasteiger partial charge in [-0.3, -0.25) is 0 Å². The molecule has 0 N–H and O–H groups in total. The number of unbranched alkanes of at least 4 members (excludes halogenated alkanes) is 6. The van der Waals surface area contributed by atoms with Gasteiger partial charge in [0, 0.05) is 53.1 Å². The number of hydrogen-bond acceptors (Lipinski definition) is 14. The van der Waals surface area contributed by atoms with Gasteiger partial charge in [0.2, 0.25) is 0 Å². The van der Waals surface area contributed by atoms with Gasteiger partial charge in [0.05, 0.1) is 109 Å². The molecule has 0 aliphatic carbocycles. The highest BCUT2D eigenvalue weighted by atomic mass is 32.1. The molecule has 13 rings (SSSR count). The van der Waals surface area contributed by atoms with E-state index in [0.717, 1.165) is 185 Å². The molecule has 13 aromatic rings. The van der Waals surface area contributed by atoms with E-state index in [9.17, 15) is 0 Å². The quantitative estimate of drug-likeness (QED) is 0.0355. The Morgan fingerprint density at radius 2 is 0.604 bits per heavy atom. The Labute approximate surface area is 657 Å². The lowest BCUT2D eigenvalue weighted by molar-refractivity contribution is 0.235. The molecule has 3 aromatic carbocycles. The van der Waals surface area contributed by atoms with Crippen molar-refractivity contribution in [2.24, 2.45) is 35.5 Å². The molecule has 0 radical (unpaired) electrons. The minimum atomic E-state index is -0.984. The first-order valence-corrected chi connectivity index (χ1v) is 46.7. The average Bonchev–Trinajstić information content (AvgIpc) is 1.57. The smallest absolute Gasteiger partial charge is 0.170 e. The van der Waals surface area contributed by atoms with Gasteiger partial charge in [-0.1, -0.05) is 212 Å². The Morgan fingerprint density at radius 3 is 0.915 bits per heavy atom. The van der Waals surface area contributed by atoms with Crippen LogP contribution in [0, 0.1) is 58.8 Å². The van der Waals surface area contributed by atoms with Crippen LogP contribution in [-0.2, 0) is 25.9 Å². The topological polar surface area (TPSA) is 79.9 Å². The van der Waals surface area contributed by atoms with Gasteiger partial charge in [0.1, 0.15) is 33.6 Å². The normalized spacial score (nSPS) is 14.2. The maximum Gasteiger partial charge on any atom is 0.170 e. The van der Waals surface area contributed by atoms with E-state index >= 15 is 17.6 Å². The highest BCUT2D eigenvalue weighted by Crippen LogP contribution is 2.57. The van der Waals surface area contributed by atoms with Gasteiger partial charge >= 0.3 is 0 Å². The van der Waals surface area contributed by atoms with Crippen molar-refractivity contribution in [3.63, 3.8) is 0 Å². The van der Waals surface area contributed by atoms with Crippen LogP contribution >= 0.6 is 91.5 Å². The van der Waals surface area contributed by atoms with Gasteiger partial charge in [0.25, 0.3) is 0 Å². The van der Waals surface area contributed by atoms with Crippen molar-refractivity contribution in [3.05, 3.63) is 69.4 Å². The van der Waals surface area contributed by atoms with Crippen LogP contribution in [0.25, 0.3) is 125 Å². The summed E-state index contributed by atoms with van der Waals surface area (Å²) in [5.41, 5.74) is 6.22. The molecular weight excluding hydrogens is 1480 g/mol. The second-order valence-electron chi connectivity index (χ2n) is 30.3. The van der Waals surface area contributed by atoms with Crippen LogP contribution in [-0.4, -0.2) is 39.8 Å². The monoisotopic (exact) mass is 1590 g/mol. The number of fused-ring (bicyclic) bond motifs is 10. The molecule has 6 atom stereocenters. The zero-order chi connectivity index (χ0) is 74.4. The lowest BCUT2D eigenvalue weighted by atomic mass is 9.95. The Hall–Kier alpha value is -5.06. The van der Waals surface area contributed by atoms with Crippen molar-refractivity contribution < 1.29 is 27.0 Å². The number of rotatable bonds is 42. The predicted octanol–water partition coefficient (Wildman–Crippen LogP) is 31.0. The fourth-order valence-corrected chi connectivity index (χ4v) is 25.0. The average molecular weight is 1590 g/mol. The number of nitrogens with zero attached hydrogens (tertiary/aromatic N) is 6. The van der Waals surface area contributed by atoms with Crippen molar-refractivity contribution >= 4 is 175 Å². The Balaban J connectivity index is 0.957. The van der Waals surface area contributed by atoms with Crippen LogP contribution in [0.4, 0.5) is 17.6 Å². The Morgan fingerprint density at radius 1 is 0.330 bits per heavy atom. The number of thiophene rings is 6. The first kappa shape index (κ1) is 79.0. The van der Waals surface area contributed by atoms with E-state index in [4.69, 9.17) is 27.0 Å². The first-order valence-electron chi connectivity index (χ1n) is 40.3. The van der Waals surface area contributed by atoms with Gasteiger partial charge in [-0.25, -0.2) is 17.6 Å². The summed E-state index contributed by atoms with van der Waals surface area (Å²) in [6.07, 6.45) is 28.5. The number of hydrogen-bond donors (Lipinski definition) is 0. The van der Waals surface area contributed by atoms with Gasteiger partial charge in [-0.15, -0.1) is 68.0 Å². The molecule has 0 aliphatic heterocycles. The number of benzene rings is 3. The van der Waals surface area contributed by atoms with Crippen LogP contribution < -0.4 is 9.47 Å². The molecule has 570 valence electrons. The van der Waals surface area contributed by atoms with Crippen LogP contribution in [0.5, 0.6) is 11.5 Å². The van der Waals surface area contributed by atoms with Crippen LogP contribution in [0.2, 0.25) is 0 Å². The van der Waals surface area contributed by atoms with Crippen molar-refractivity contribution in [1.29, 1.82) is 0 Å². The van der Waals surface area contributed by atoms with Gasteiger partial charge in [-0.05, 0) is 110 Å². The van der Waals surface area contributed by atoms with Crippen molar-refractivity contribution in [1.82, 2.24) is 26.6 Å². The van der Waals surface area contributed by atoms with Crippen molar-refractivity contribution in [2.45, 2.75) is 263 Å². The molecule has 0 fully saturated rings. The predicted molar refractivity (Wildman–Crippen MR) is 456 cm³/mol. The standard InChI is InChI=1S/C86H108F4N6O2S8/c1-13-25-31-49(19-7)37-55-39-59-83(99-55)85-61(95(59)45-51(21-9)33-27-15-3)43-65(103-85)69-73(89)71(87)67(75-77(69)93-105-91-75)63-41-57-79(97-47-53(23-11)35-29-17-5)82-58(80(81(57)101-63)98-48-54(24-12)36-30-18-6)42-64(102-82)68-72(88)74(90)70(78-76(68)92-106-94-78)66-44-62-86(104-66)84-60(96(62)46-52(22-10)34-28-16-4)40-56(100-84)38-50(20-8)32-26-14-2/h39-44,49-54H,13-38,45-48H2,1-12H3. The summed E-state index contributed by atoms with van der Waals surface area (Å²) in [5, 5.41) is 1.34. The summed E-state index contributed by atoms with van der Waals surface area (Å²) in [7, 11) is 0. The lowest BCUT2D eigenvalue weighted by Gasteiger charge is -2.19. The molecule has 6 unspecified atom stereocenters. The highest BCUT2D eigenvalue weighted by molar-refractivity contribution is 7.30. The van der Waals surface area contributed by atoms with Crippen molar-refractivity contribution in [2.75, 3.05) is 13.2 Å². The SMILES string of the molecule is CCCCC(CC)COc1c2cc(-c3c(F)c(F)c(-c4cc5c(s4)c4sc(CC(CC)CCCC)cc4n5CC(CC)CCCC)c4nsnc34)sc2c(OCC(CC)CCCC)c2cc(-c3c(F)c(F)c(-c4cc5c(s4)c4sc(CC(CC)CCCC)cc4n5CC(CC)CCCC)c4nsnc34)sc12. The number of halogens is 4. The third-order valence-corrected chi connectivity index (χ3v) is 31.4.